The average Bonchev–Trinajstić information content (AvgIpc) is 2.84. The van der Waals surface area contributed by atoms with Crippen molar-refractivity contribution in [3.8, 4) is 10.8 Å². The maximum Gasteiger partial charge on any atom is 0.338 e. The summed E-state index contributed by atoms with van der Waals surface area (Å²) in [7, 11) is 0. The summed E-state index contributed by atoms with van der Waals surface area (Å²) in [6.07, 6.45) is -4.37. The predicted octanol–water partition coefficient (Wildman–Crippen LogP) is 1.79. The Balaban J connectivity index is 2.26. The lowest BCUT2D eigenvalue weighted by Gasteiger charge is -2.22. The molecule has 0 aromatic heterocycles. The highest BCUT2D eigenvalue weighted by atomic mass is 79.9. The largest absolute Gasteiger partial charge is 0.452 e. The summed E-state index contributed by atoms with van der Waals surface area (Å²) in [4.78, 5) is 37.4. The minimum absolute atomic E-state index is 0.311. The highest BCUT2D eigenvalue weighted by Gasteiger charge is 2.51. The topological polar surface area (TPSA) is 88.1 Å². The van der Waals surface area contributed by atoms with E-state index in [0.29, 0.717) is 5.56 Å². The SMILES string of the molecule is CC(=O)O[C@@H]1O[C@H](C#CBr)[C@@H](OC(=O)c2ccccc2)[C@H]1OC(C)=O. The zero-order valence-electron chi connectivity index (χ0n) is 13.4. The Morgan fingerprint density at radius 2 is 1.64 bits per heavy atom. The molecule has 1 aliphatic rings. The Morgan fingerprint density at radius 1 is 1.00 bits per heavy atom. The van der Waals surface area contributed by atoms with Gasteiger partial charge >= 0.3 is 17.9 Å². The standard InChI is InChI=1S/C17H15BrO7/c1-10(19)22-15-14(25-16(21)12-6-4-3-5-7-12)13(8-9-18)24-17(15)23-11(2)20/h3-7,13-15,17H,1-2H3/t13-,14-,15-,17-/m1/s1. The van der Waals surface area contributed by atoms with E-state index < -0.39 is 42.5 Å². The molecule has 0 amide bonds. The van der Waals surface area contributed by atoms with E-state index in [-0.39, 0.29) is 0 Å². The van der Waals surface area contributed by atoms with Crippen molar-refractivity contribution in [1.29, 1.82) is 0 Å². The number of esters is 3. The lowest BCUT2D eigenvalue weighted by Crippen LogP contribution is -2.41. The van der Waals surface area contributed by atoms with Gasteiger partial charge in [0.1, 0.15) is 0 Å². The average molecular weight is 411 g/mol. The molecular weight excluding hydrogens is 396 g/mol. The van der Waals surface area contributed by atoms with E-state index in [0.717, 1.165) is 0 Å². The molecule has 0 N–H and O–H groups in total. The molecular formula is C17H15BrO7. The summed E-state index contributed by atoms with van der Waals surface area (Å²) in [5.74, 6) is 0.724. The van der Waals surface area contributed by atoms with Gasteiger partial charge in [-0.3, -0.25) is 9.59 Å². The number of ether oxygens (including phenoxy) is 4. The van der Waals surface area contributed by atoms with Gasteiger partial charge in [0.05, 0.1) is 5.56 Å². The molecule has 25 heavy (non-hydrogen) atoms. The molecule has 1 aliphatic heterocycles. The van der Waals surface area contributed by atoms with Gasteiger partial charge in [0.15, 0.2) is 12.2 Å². The lowest BCUT2D eigenvalue weighted by atomic mass is 10.1. The monoisotopic (exact) mass is 410 g/mol. The van der Waals surface area contributed by atoms with E-state index in [9.17, 15) is 14.4 Å². The number of hydrogen-bond donors (Lipinski definition) is 0. The fourth-order valence-corrected chi connectivity index (χ4v) is 2.49. The molecule has 8 heteroatoms. The summed E-state index contributed by atoms with van der Waals surface area (Å²) in [5.41, 5.74) is 0.311. The predicted molar refractivity (Wildman–Crippen MR) is 88.3 cm³/mol. The molecule has 0 radical (unpaired) electrons. The Labute approximate surface area is 152 Å². The molecule has 132 valence electrons. The number of carbonyl (C=O) groups excluding carboxylic acids is 3. The Hall–Kier alpha value is -2.37. The molecule has 2 rings (SSSR count). The first-order chi connectivity index (χ1) is 11.9. The van der Waals surface area contributed by atoms with Gasteiger partial charge in [0, 0.05) is 29.8 Å². The third-order valence-electron chi connectivity index (χ3n) is 3.20. The third-order valence-corrected chi connectivity index (χ3v) is 3.43. The molecule has 1 fully saturated rings. The molecule has 0 bridgehead atoms. The fourth-order valence-electron chi connectivity index (χ4n) is 2.26. The smallest absolute Gasteiger partial charge is 0.338 e. The maximum absolute atomic E-state index is 12.3. The third kappa shape index (κ3) is 5.05. The van der Waals surface area contributed by atoms with E-state index in [1.165, 1.54) is 13.8 Å². The second-order valence-corrected chi connectivity index (χ2v) is 5.48. The van der Waals surface area contributed by atoms with E-state index in [1.807, 2.05) is 0 Å². The van der Waals surface area contributed by atoms with Gasteiger partial charge in [0.2, 0.25) is 12.4 Å². The van der Waals surface area contributed by atoms with Crippen LogP contribution in [0.3, 0.4) is 0 Å². The van der Waals surface area contributed by atoms with E-state index in [4.69, 9.17) is 18.9 Å². The van der Waals surface area contributed by atoms with Crippen LogP contribution in [0.15, 0.2) is 30.3 Å². The Bertz CT molecular complexity index is 707. The van der Waals surface area contributed by atoms with Crippen LogP contribution >= 0.6 is 15.9 Å². The van der Waals surface area contributed by atoms with Crippen LogP contribution in [0.25, 0.3) is 0 Å². The summed E-state index contributed by atoms with van der Waals surface area (Å²) in [6.45, 7) is 2.37. The van der Waals surface area contributed by atoms with Gasteiger partial charge in [-0.25, -0.2) is 4.79 Å². The van der Waals surface area contributed by atoms with Gasteiger partial charge in [-0.05, 0) is 17.0 Å². The highest BCUT2D eigenvalue weighted by Crippen LogP contribution is 2.28. The minimum Gasteiger partial charge on any atom is -0.452 e. The molecule has 4 atom stereocenters. The highest BCUT2D eigenvalue weighted by molar-refractivity contribution is 9.12. The molecule has 1 heterocycles. The molecule has 7 nitrogen and oxygen atoms in total. The maximum atomic E-state index is 12.3. The van der Waals surface area contributed by atoms with Crippen LogP contribution in [0.5, 0.6) is 0 Å². The number of benzene rings is 1. The first-order valence-electron chi connectivity index (χ1n) is 7.29. The van der Waals surface area contributed by atoms with Crippen molar-refractivity contribution in [3.63, 3.8) is 0 Å². The fraction of sp³-hybridized carbons (Fsp3) is 0.353. The van der Waals surface area contributed by atoms with Crippen molar-refractivity contribution in [2.45, 2.75) is 38.4 Å². The van der Waals surface area contributed by atoms with Crippen molar-refractivity contribution in [2.75, 3.05) is 0 Å². The summed E-state index contributed by atoms with van der Waals surface area (Å²) >= 11 is 2.94. The quantitative estimate of drug-likeness (QED) is 0.424. The number of carbonyl (C=O) groups is 3. The second kappa shape index (κ2) is 8.65. The van der Waals surface area contributed by atoms with Crippen LogP contribution in [0, 0.1) is 10.8 Å². The van der Waals surface area contributed by atoms with Crippen molar-refractivity contribution < 1.29 is 33.3 Å². The first kappa shape index (κ1) is 19.0. The van der Waals surface area contributed by atoms with E-state index >= 15 is 0 Å². The number of hydrogen-bond acceptors (Lipinski definition) is 7. The van der Waals surface area contributed by atoms with E-state index in [2.05, 4.69) is 26.7 Å². The van der Waals surface area contributed by atoms with Gasteiger partial charge in [0.25, 0.3) is 0 Å². The molecule has 0 spiro atoms. The minimum atomic E-state index is -1.23. The lowest BCUT2D eigenvalue weighted by molar-refractivity contribution is -0.193. The normalized spacial score (nSPS) is 24.6. The van der Waals surface area contributed by atoms with E-state index in [1.54, 1.807) is 30.3 Å². The van der Waals surface area contributed by atoms with Crippen molar-refractivity contribution in [3.05, 3.63) is 35.9 Å². The number of rotatable bonds is 4. The molecule has 1 aromatic rings. The van der Waals surface area contributed by atoms with Crippen LogP contribution in [0.1, 0.15) is 24.2 Å². The first-order valence-corrected chi connectivity index (χ1v) is 8.08. The molecule has 0 aliphatic carbocycles. The van der Waals surface area contributed by atoms with Crippen LogP contribution in [-0.4, -0.2) is 42.5 Å². The van der Waals surface area contributed by atoms with Gasteiger partial charge < -0.3 is 18.9 Å². The summed E-state index contributed by atoms with van der Waals surface area (Å²) in [5, 5.41) is 0. The zero-order valence-corrected chi connectivity index (χ0v) is 15.0. The number of halogens is 1. The second-order valence-electron chi connectivity index (χ2n) is 5.08. The van der Waals surface area contributed by atoms with Gasteiger partial charge in [-0.2, -0.15) is 0 Å². The molecule has 1 saturated heterocycles. The van der Waals surface area contributed by atoms with Crippen LogP contribution in [0.4, 0.5) is 0 Å². The van der Waals surface area contributed by atoms with Crippen molar-refractivity contribution in [1.82, 2.24) is 0 Å². The van der Waals surface area contributed by atoms with Crippen LogP contribution in [0.2, 0.25) is 0 Å². The Morgan fingerprint density at radius 3 is 2.20 bits per heavy atom. The van der Waals surface area contributed by atoms with Crippen LogP contribution in [-0.2, 0) is 28.5 Å². The summed E-state index contributed by atoms with van der Waals surface area (Å²) in [6, 6.07) is 8.28. The van der Waals surface area contributed by atoms with Gasteiger partial charge in [-0.15, -0.1) is 0 Å². The van der Waals surface area contributed by atoms with Gasteiger partial charge in [-0.1, -0.05) is 24.1 Å². The molecule has 1 aromatic carbocycles. The van der Waals surface area contributed by atoms with Crippen molar-refractivity contribution in [2.24, 2.45) is 0 Å². The van der Waals surface area contributed by atoms with Crippen molar-refractivity contribution >= 4 is 33.8 Å². The summed E-state index contributed by atoms with van der Waals surface area (Å²) < 4.78 is 21.1. The molecule has 0 saturated carbocycles. The Kier molecular flexibility index (Phi) is 6.56. The molecule has 0 unspecified atom stereocenters. The van der Waals surface area contributed by atoms with Crippen LogP contribution < -0.4 is 0 Å². The zero-order chi connectivity index (χ0) is 18.4.